The maximum Gasteiger partial charge on any atom is 0.269 e. The van der Waals surface area contributed by atoms with E-state index < -0.39 is 5.91 Å². The van der Waals surface area contributed by atoms with Gasteiger partial charge in [0.2, 0.25) is 5.29 Å². The Hall–Kier alpha value is -1.44. The minimum Gasteiger partial charge on any atom is -0.385 e. The van der Waals surface area contributed by atoms with Gasteiger partial charge in [-0.1, -0.05) is 0 Å². The van der Waals surface area contributed by atoms with Crippen molar-refractivity contribution in [1.82, 2.24) is 10.2 Å². The lowest BCUT2D eigenvalue weighted by molar-refractivity contribution is -0.114. The van der Waals surface area contributed by atoms with Crippen molar-refractivity contribution in [3.05, 3.63) is 11.4 Å². The molecule has 0 unspecified atom stereocenters. The normalized spacial score (nSPS) is 18.4. The molecule has 1 rings (SSSR count). The smallest absolute Gasteiger partial charge is 0.269 e. The number of hydrogen-bond acceptors (Lipinski definition) is 5. The molecule has 1 amide bonds. The van der Waals surface area contributed by atoms with E-state index in [1.807, 2.05) is 0 Å². The molecule has 0 radical (unpaired) electrons. The van der Waals surface area contributed by atoms with Gasteiger partial charge >= 0.3 is 0 Å². The zero-order valence-electron chi connectivity index (χ0n) is 11.6. The van der Waals surface area contributed by atoms with Crippen LogP contribution in [0.5, 0.6) is 0 Å². The van der Waals surface area contributed by atoms with Gasteiger partial charge < -0.3 is 15.8 Å². The fraction of sp³-hybridized carbons (Fsp3) is 0.583. The van der Waals surface area contributed by atoms with Gasteiger partial charge in [-0.25, -0.2) is 9.98 Å². The van der Waals surface area contributed by atoms with Gasteiger partial charge in [0.1, 0.15) is 5.70 Å². The Labute approximate surface area is 123 Å². The van der Waals surface area contributed by atoms with Gasteiger partial charge in [-0.2, -0.15) is 0 Å². The van der Waals surface area contributed by atoms with Crippen molar-refractivity contribution in [2.75, 3.05) is 39.4 Å². The summed E-state index contributed by atoms with van der Waals surface area (Å²) < 4.78 is 5.27. The minimum atomic E-state index is -0.664. The van der Waals surface area contributed by atoms with Crippen LogP contribution in [0.2, 0.25) is 0 Å². The van der Waals surface area contributed by atoms with Crippen LogP contribution in [0, 0.1) is 0 Å². The van der Waals surface area contributed by atoms with Crippen LogP contribution < -0.4 is 11.1 Å². The van der Waals surface area contributed by atoms with E-state index in [0.717, 1.165) is 32.8 Å². The summed E-state index contributed by atoms with van der Waals surface area (Å²) in [4.78, 5) is 20.8. The first-order chi connectivity index (χ1) is 9.54. The molecular formula is C12H20ClN5O2. The Morgan fingerprint density at radius 3 is 2.70 bits per heavy atom. The van der Waals surface area contributed by atoms with Crippen LogP contribution in [0.15, 0.2) is 21.4 Å². The molecular weight excluding hydrogens is 282 g/mol. The molecule has 0 saturated carbocycles. The summed E-state index contributed by atoms with van der Waals surface area (Å²) in [5, 5.41) is 2.99. The second-order valence-corrected chi connectivity index (χ2v) is 4.60. The van der Waals surface area contributed by atoms with E-state index in [2.05, 4.69) is 26.9 Å². The van der Waals surface area contributed by atoms with Crippen molar-refractivity contribution < 1.29 is 9.53 Å². The number of carbonyl (C=O) groups excluding carboxylic acids is 1. The average Bonchev–Trinajstić information content (AvgIpc) is 2.45. The molecule has 7 nitrogen and oxygen atoms in total. The number of carbonyl (C=O) groups is 1. The standard InChI is InChI=1S/C12H20ClN5O2/c1-9(10(11(14)19)17-12(13)15-2)16-3-4-18-5-7-20-8-6-18/h16H,2-8H2,1H3,(H2,14,19)/b10-9+,17-12-. The van der Waals surface area contributed by atoms with Crippen LogP contribution in [0.1, 0.15) is 6.92 Å². The zero-order valence-corrected chi connectivity index (χ0v) is 12.3. The number of amidine groups is 1. The number of ether oxygens (including phenoxy) is 1. The predicted octanol–water partition coefficient (Wildman–Crippen LogP) is -0.0796. The molecule has 0 aliphatic carbocycles. The second kappa shape index (κ2) is 8.68. The highest BCUT2D eigenvalue weighted by molar-refractivity contribution is 6.65. The Balaban J connectivity index is 2.55. The SMILES string of the molecule is C=N/C(Cl)=N\C(C(N)=O)=C(/C)NCCN1CCOCC1. The maximum absolute atomic E-state index is 11.3. The first-order valence-corrected chi connectivity index (χ1v) is 6.68. The molecule has 0 aromatic heterocycles. The van der Waals surface area contributed by atoms with Crippen LogP contribution in [0.25, 0.3) is 0 Å². The average molecular weight is 302 g/mol. The Kier molecular flexibility index (Phi) is 7.21. The molecule has 112 valence electrons. The van der Waals surface area contributed by atoms with Crippen molar-refractivity contribution in [3.8, 4) is 0 Å². The van der Waals surface area contributed by atoms with Crippen LogP contribution in [0.4, 0.5) is 0 Å². The fourth-order valence-electron chi connectivity index (χ4n) is 1.76. The van der Waals surface area contributed by atoms with E-state index in [0.29, 0.717) is 12.2 Å². The topological polar surface area (TPSA) is 92.3 Å². The van der Waals surface area contributed by atoms with Crippen molar-refractivity contribution in [3.63, 3.8) is 0 Å². The van der Waals surface area contributed by atoms with Gasteiger partial charge in [0, 0.05) is 31.9 Å². The molecule has 0 bridgehead atoms. The van der Waals surface area contributed by atoms with E-state index in [1.165, 1.54) is 0 Å². The van der Waals surface area contributed by atoms with Crippen LogP contribution in [0.3, 0.4) is 0 Å². The summed E-state index contributed by atoms with van der Waals surface area (Å²) in [6.07, 6.45) is 0. The number of nitrogens with two attached hydrogens (primary N) is 1. The second-order valence-electron chi connectivity index (χ2n) is 4.26. The number of allylic oxidation sites excluding steroid dienone is 1. The van der Waals surface area contributed by atoms with Gasteiger partial charge in [0.25, 0.3) is 5.91 Å². The molecule has 1 fully saturated rings. The number of nitrogens with one attached hydrogen (secondary N) is 1. The van der Waals surface area contributed by atoms with Gasteiger partial charge in [-0.15, -0.1) is 0 Å². The van der Waals surface area contributed by atoms with Gasteiger partial charge in [0.05, 0.1) is 13.2 Å². The molecule has 8 heteroatoms. The molecule has 20 heavy (non-hydrogen) atoms. The molecule has 1 saturated heterocycles. The minimum absolute atomic E-state index is 0.0596. The molecule has 3 N–H and O–H groups in total. The third-order valence-electron chi connectivity index (χ3n) is 2.85. The molecule has 0 atom stereocenters. The number of primary amides is 1. The number of halogens is 1. The predicted molar refractivity (Wildman–Crippen MR) is 80.0 cm³/mol. The van der Waals surface area contributed by atoms with Gasteiger partial charge in [0.15, 0.2) is 0 Å². The largest absolute Gasteiger partial charge is 0.385 e. The molecule has 0 aromatic rings. The van der Waals surface area contributed by atoms with Gasteiger partial charge in [-0.05, 0) is 25.2 Å². The van der Waals surface area contributed by atoms with Crippen molar-refractivity contribution in [1.29, 1.82) is 0 Å². The summed E-state index contributed by atoms with van der Waals surface area (Å²) in [5.74, 6) is -0.664. The summed E-state index contributed by atoms with van der Waals surface area (Å²) in [6.45, 7) is 9.82. The monoisotopic (exact) mass is 301 g/mol. The summed E-state index contributed by atoms with van der Waals surface area (Å²) in [5.41, 5.74) is 5.89. The number of nitrogens with zero attached hydrogens (tertiary/aromatic N) is 3. The lowest BCUT2D eigenvalue weighted by atomic mass is 10.3. The Morgan fingerprint density at radius 2 is 2.15 bits per heavy atom. The van der Waals surface area contributed by atoms with Crippen molar-refractivity contribution in [2.45, 2.75) is 6.92 Å². The number of amides is 1. The fourth-order valence-corrected chi connectivity index (χ4v) is 1.85. The number of rotatable bonds is 6. The Bertz CT molecular complexity index is 416. The highest BCUT2D eigenvalue weighted by Crippen LogP contribution is 2.05. The third kappa shape index (κ3) is 5.68. The highest BCUT2D eigenvalue weighted by Gasteiger charge is 2.11. The van der Waals surface area contributed by atoms with Crippen molar-refractivity contribution >= 4 is 29.5 Å². The van der Waals surface area contributed by atoms with Gasteiger partial charge in [-0.3, -0.25) is 9.69 Å². The first kappa shape index (κ1) is 16.6. The van der Waals surface area contributed by atoms with Crippen molar-refractivity contribution in [2.24, 2.45) is 15.7 Å². The molecule has 0 aromatic carbocycles. The Morgan fingerprint density at radius 1 is 1.50 bits per heavy atom. The van der Waals surface area contributed by atoms with E-state index in [4.69, 9.17) is 22.1 Å². The van der Waals surface area contributed by atoms with Crippen LogP contribution >= 0.6 is 11.6 Å². The third-order valence-corrected chi connectivity index (χ3v) is 3.05. The lowest BCUT2D eigenvalue weighted by Gasteiger charge is -2.26. The highest BCUT2D eigenvalue weighted by atomic mass is 35.5. The van der Waals surface area contributed by atoms with Crippen LogP contribution in [-0.4, -0.2) is 62.2 Å². The first-order valence-electron chi connectivity index (χ1n) is 6.30. The van der Waals surface area contributed by atoms with E-state index in [9.17, 15) is 4.79 Å². The summed E-state index contributed by atoms with van der Waals surface area (Å²) in [6, 6.07) is 0. The van der Waals surface area contributed by atoms with E-state index in [1.54, 1.807) is 6.92 Å². The number of aliphatic imine (C=N–C) groups is 2. The van der Waals surface area contributed by atoms with E-state index in [-0.39, 0.29) is 11.0 Å². The zero-order chi connectivity index (χ0) is 15.0. The summed E-state index contributed by atoms with van der Waals surface area (Å²) >= 11 is 5.63. The van der Waals surface area contributed by atoms with Crippen LogP contribution in [-0.2, 0) is 9.53 Å². The maximum atomic E-state index is 11.3. The van der Waals surface area contributed by atoms with E-state index >= 15 is 0 Å². The molecule has 0 spiro atoms. The number of hydrogen-bond donors (Lipinski definition) is 2. The molecule has 1 aliphatic rings. The quantitative estimate of drug-likeness (QED) is 0.311. The molecule has 1 aliphatic heterocycles. The number of morpholine rings is 1. The lowest BCUT2D eigenvalue weighted by Crippen LogP contribution is -2.40. The summed E-state index contributed by atoms with van der Waals surface area (Å²) in [7, 11) is 0. The molecule has 1 heterocycles.